The second-order valence-corrected chi connectivity index (χ2v) is 8.09. The lowest BCUT2D eigenvalue weighted by atomic mass is 9.73. The molecule has 2 aromatic rings. The molecule has 2 fully saturated rings. The molecule has 0 radical (unpaired) electrons. The van der Waals surface area contributed by atoms with E-state index in [4.69, 9.17) is 4.42 Å². The molecule has 7 heteroatoms. The molecule has 0 saturated carbocycles. The Kier molecular flexibility index (Phi) is 4.91. The van der Waals surface area contributed by atoms with Gasteiger partial charge in [0.15, 0.2) is 5.89 Å². The Labute approximate surface area is 164 Å². The maximum atomic E-state index is 13.0. The van der Waals surface area contributed by atoms with E-state index in [-0.39, 0.29) is 17.2 Å². The number of pyridine rings is 1. The number of carbonyl (C=O) groups is 2. The van der Waals surface area contributed by atoms with E-state index >= 15 is 0 Å². The average Bonchev–Trinajstić information content (AvgIpc) is 3.03. The van der Waals surface area contributed by atoms with Gasteiger partial charge in [-0.2, -0.15) is 0 Å². The molecule has 2 saturated heterocycles. The van der Waals surface area contributed by atoms with Crippen molar-refractivity contribution in [2.45, 2.75) is 46.1 Å². The molecule has 4 heterocycles. The standard InChI is InChI=1S/C21H26N4O3/c1-15-19(28-16(2)23-15)20(27)24-10-4-7-21(13-24)8-6-18(26)25(14-21)12-17-5-3-9-22-11-17/h3,5,9,11H,4,6-8,10,12-14H2,1-2H3/t21-/m0/s1. The van der Waals surface area contributed by atoms with Crippen LogP contribution in [0.4, 0.5) is 0 Å². The van der Waals surface area contributed by atoms with Gasteiger partial charge in [0.05, 0.1) is 5.69 Å². The molecule has 0 aromatic carbocycles. The normalized spacial score (nSPS) is 22.7. The van der Waals surface area contributed by atoms with E-state index in [1.54, 1.807) is 26.2 Å². The molecule has 0 bridgehead atoms. The highest BCUT2D eigenvalue weighted by Gasteiger charge is 2.43. The van der Waals surface area contributed by atoms with Gasteiger partial charge in [0.2, 0.25) is 11.7 Å². The third-order valence-electron chi connectivity index (χ3n) is 5.89. The van der Waals surface area contributed by atoms with Gasteiger partial charge in [-0.25, -0.2) is 4.98 Å². The summed E-state index contributed by atoms with van der Waals surface area (Å²) in [5.74, 6) is 0.944. The van der Waals surface area contributed by atoms with Gasteiger partial charge in [-0.05, 0) is 37.8 Å². The lowest BCUT2D eigenvalue weighted by Crippen LogP contribution is -2.54. The van der Waals surface area contributed by atoms with Crippen molar-refractivity contribution < 1.29 is 14.0 Å². The van der Waals surface area contributed by atoms with Gasteiger partial charge in [0.1, 0.15) is 0 Å². The fourth-order valence-electron chi connectivity index (χ4n) is 4.55. The van der Waals surface area contributed by atoms with Gasteiger partial charge < -0.3 is 14.2 Å². The van der Waals surface area contributed by atoms with Crippen LogP contribution in [0, 0.1) is 19.3 Å². The maximum absolute atomic E-state index is 13.0. The molecular weight excluding hydrogens is 356 g/mol. The first-order valence-electron chi connectivity index (χ1n) is 9.86. The zero-order valence-corrected chi connectivity index (χ0v) is 16.5. The van der Waals surface area contributed by atoms with Gasteiger partial charge in [-0.15, -0.1) is 0 Å². The summed E-state index contributed by atoms with van der Waals surface area (Å²) >= 11 is 0. The summed E-state index contributed by atoms with van der Waals surface area (Å²) in [6, 6.07) is 3.88. The van der Waals surface area contributed by atoms with Crippen LogP contribution in [0.3, 0.4) is 0 Å². The number of hydrogen-bond acceptors (Lipinski definition) is 5. The lowest BCUT2D eigenvalue weighted by Gasteiger charge is -2.48. The van der Waals surface area contributed by atoms with Crippen molar-refractivity contribution in [3.8, 4) is 0 Å². The van der Waals surface area contributed by atoms with Crippen molar-refractivity contribution in [2.75, 3.05) is 19.6 Å². The number of hydrogen-bond donors (Lipinski definition) is 0. The SMILES string of the molecule is Cc1nc(C)c(C(=O)N2CCC[C@]3(CCC(=O)N(Cc4cccnc4)C3)C2)o1. The Morgan fingerprint density at radius 2 is 2.14 bits per heavy atom. The third-order valence-corrected chi connectivity index (χ3v) is 5.89. The highest BCUT2D eigenvalue weighted by atomic mass is 16.4. The Balaban J connectivity index is 1.50. The van der Waals surface area contributed by atoms with Crippen molar-refractivity contribution in [1.29, 1.82) is 0 Å². The van der Waals surface area contributed by atoms with Crippen molar-refractivity contribution in [2.24, 2.45) is 5.41 Å². The van der Waals surface area contributed by atoms with Crippen LogP contribution in [-0.4, -0.2) is 51.2 Å². The minimum atomic E-state index is -0.0899. The number of rotatable bonds is 3. The smallest absolute Gasteiger partial charge is 0.291 e. The van der Waals surface area contributed by atoms with Crippen molar-refractivity contribution >= 4 is 11.8 Å². The second-order valence-electron chi connectivity index (χ2n) is 8.09. The van der Waals surface area contributed by atoms with Crippen LogP contribution in [0.1, 0.15) is 53.4 Å². The van der Waals surface area contributed by atoms with E-state index in [0.29, 0.717) is 43.4 Å². The number of oxazole rings is 1. The van der Waals surface area contributed by atoms with Gasteiger partial charge in [-0.3, -0.25) is 14.6 Å². The van der Waals surface area contributed by atoms with Crippen LogP contribution in [0.2, 0.25) is 0 Å². The Bertz CT molecular complexity index is 879. The average molecular weight is 382 g/mol. The molecular formula is C21H26N4O3. The molecule has 2 amide bonds. The predicted molar refractivity (Wildman–Crippen MR) is 102 cm³/mol. The van der Waals surface area contributed by atoms with Gasteiger partial charge in [-0.1, -0.05) is 6.07 Å². The zero-order valence-electron chi connectivity index (χ0n) is 16.5. The van der Waals surface area contributed by atoms with Crippen LogP contribution < -0.4 is 0 Å². The van der Waals surface area contributed by atoms with Gasteiger partial charge in [0, 0.05) is 57.3 Å². The predicted octanol–water partition coefficient (Wildman–Crippen LogP) is 2.73. The molecule has 7 nitrogen and oxygen atoms in total. The first-order chi connectivity index (χ1) is 13.5. The summed E-state index contributed by atoms with van der Waals surface area (Å²) in [4.78, 5) is 37.7. The molecule has 2 aromatic heterocycles. The van der Waals surface area contributed by atoms with Crippen LogP contribution in [0.25, 0.3) is 0 Å². The molecule has 0 aliphatic carbocycles. The fraction of sp³-hybridized carbons (Fsp3) is 0.524. The largest absolute Gasteiger partial charge is 0.436 e. The van der Waals surface area contributed by atoms with Crippen molar-refractivity contribution in [3.05, 3.63) is 47.4 Å². The minimum Gasteiger partial charge on any atom is -0.436 e. The number of amides is 2. The molecule has 2 aliphatic rings. The summed E-state index contributed by atoms with van der Waals surface area (Å²) in [6.45, 7) is 6.18. The maximum Gasteiger partial charge on any atom is 0.291 e. The monoisotopic (exact) mass is 382 g/mol. The first kappa shape index (κ1) is 18.7. The number of carbonyl (C=O) groups excluding carboxylic acids is 2. The van der Waals surface area contributed by atoms with E-state index in [9.17, 15) is 9.59 Å². The molecule has 1 atom stereocenters. The third kappa shape index (κ3) is 3.66. The van der Waals surface area contributed by atoms with E-state index in [0.717, 1.165) is 31.4 Å². The van der Waals surface area contributed by atoms with Crippen LogP contribution in [-0.2, 0) is 11.3 Å². The highest BCUT2D eigenvalue weighted by molar-refractivity contribution is 5.92. The van der Waals surface area contributed by atoms with E-state index in [1.807, 2.05) is 21.9 Å². The van der Waals surface area contributed by atoms with Crippen molar-refractivity contribution in [1.82, 2.24) is 19.8 Å². The van der Waals surface area contributed by atoms with Gasteiger partial charge in [0.25, 0.3) is 5.91 Å². The molecule has 0 unspecified atom stereocenters. The number of nitrogens with zero attached hydrogens (tertiary/aromatic N) is 4. The summed E-state index contributed by atoms with van der Waals surface area (Å²) < 4.78 is 5.55. The summed E-state index contributed by atoms with van der Waals surface area (Å²) in [5.41, 5.74) is 1.62. The summed E-state index contributed by atoms with van der Waals surface area (Å²) in [7, 11) is 0. The van der Waals surface area contributed by atoms with Crippen LogP contribution in [0.15, 0.2) is 28.9 Å². The topological polar surface area (TPSA) is 79.5 Å². The number of aromatic nitrogens is 2. The molecule has 2 aliphatic heterocycles. The molecule has 28 heavy (non-hydrogen) atoms. The second kappa shape index (κ2) is 7.37. The Morgan fingerprint density at radius 1 is 1.29 bits per heavy atom. The molecule has 148 valence electrons. The fourth-order valence-corrected chi connectivity index (χ4v) is 4.55. The van der Waals surface area contributed by atoms with E-state index in [1.165, 1.54) is 0 Å². The summed E-state index contributed by atoms with van der Waals surface area (Å²) in [5, 5.41) is 0. The van der Waals surface area contributed by atoms with Crippen LogP contribution in [0.5, 0.6) is 0 Å². The Morgan fingerprint density at radius 3 is 2.86 bits per heavy atom. The lowest BCUT2D eigenvalue weighted by molar-refractivity contribution is -0.139. The number of aryl methyl sites for hydroxylation is 2. The molecule has 4 rings (SSSR count). The number of piperidine rings is 2. The zero-order chi connectivity index (χ0) is 19.7. The highest BCUT2D eigenvalue weighted by Crippen LogP contribution is 2.39. The molecule has 1 spiro atoms. The summed E-state index contributed by atoms with van der Waals surface area (Å²) in [6.07, 6.45) is 6.87. The number of likely N-dealkylation sites (tertiary alicyclic amines) is 2. The Hall–Kier alpha value is -2.70. The quantitative estimate of drug-likeness (QED) is 0.815. The minimum absolute atomic E-state index is 0.0486. The van der Waals surface area contributed by atoms with Gasteiger partial charge >= 0.3 is 0 Å². The van der Waals surface area contributed by atoms with Crippen LogP contribution >= 0.6 is 0 Å². The molecule has 0 N–H and O–H groups in total. The van der Waals surface area contributed by atoms with E-state index < -0.39 is 0 Å². The van der Waals surface area contributed by atoms with Crippen molar-refractivity contribution in [3.63, 3.8) is 0 Å². The van der Waals surface area contributed by atoms with E-state index in [2.05, 4.69) is 9.97 Å². The first-order valence-corrected chi connectivity index (χ1v) is 9.86.